The maximum atomic E-state index is 12.6. The Bertz CT molecular complexity index is 924. The fraction of sp³-hybridized carbons (Fsp3) is 0.118. The summed E-state index contributed by atoms with van der Waals surface area (Å²) < 4.78 is 15.6. The first-order valence-corrected chi connectivity index (χ1v) is 7.54. The molecule has 1 aromatic carbocycles. The number of carbonyl (C=O) groups excluding carboxylic acids is 1. The quantitative estimate of drug-likeness (QED) is 0.748. The molecule has 3 aromatic rings. The van der Waals surface area contributed by atoms with E-state index in [1.165, 1.54) is 0 Å². The van der Waals surface area contributed by atoms with Crippen LogP contribution in [0.15, 0.2) is 47.2 Å². The van der Waals surface area contributed by atoms with Gasteiger partial charge in [0, 0.05) is 24.5 Å². The number of nitrogen functional groups attached to an aromatic ring is 1. The Balaban J connectivity index is 1.53. The normalized spacial score (nSPS) is 12.2. The van der Waals surface area contributed by atoms with Gasteiger partial charge >= 0.3 is 0 Å². The number of hydrogen-bond acceptors (Lipinski definition) is 7. The Labute approximate surface area is 142 Å². The van der Waals surface area contributed by atoms with Gasteiger partial charge in [0.25, 0.3) is 5.91 Å². The summed E-state index contributed by atoms with van der Waals surface area (Å²) in [7, 11) is 0. The number of amides is 1. The highest BCUT2D eigenvalue weighted by molar-refractivity contribution is 6.03. The number of nitrogens with one attached hydrogen (secondary N) is 1. The molecule has 0 saturated carbocycles. The zero-order valence-electron chi connectivity index (χ0n) is 13.1. The minimum atomic E-state index is -0.379. The highest BCUT2D eigenvalue weighted by Gasteiger charge is 2.22. The first-order chi connectivity index (χ1) is 12.2. The third-order valence-electron chi connectivity index (χ3n) is 3.77. The molecule has 0 unspecified atom stereocenters. The number of anilines is 1. The van der Waals surface area contributed by atoms with Crippen LogP contribution in [-0.2, 0) is 6.54 Å². The fourth-order valence-corrected chi connectivity index (χ4v) is 2.54. The summed E-state index contributed by atoms with van der Waals surface area (Å²) in [6, 6.07) is 9.00. The molecule has 2 aromatic heterocycles. The average Bonchev–Trinajstić information content (AvgIpc) is 3.26. The van der Waals surface area contributed by atoms with Gasteiger partial charge in [0.05, 0.1) is 0 Å². The smallest absolute Gasteiger partial charge is 0.259 e. The number of pyridine rings is 1. The molecule has 0 spiro atoms. The fourth-order valence-electron chi connectivity index (χ4n) is 2.54. The van der Waals surface area contributed by atoms with Gasteiger partial charge in [-0.2, -0.15) is 0 Å². The van der Waals surface area contributed by atoms with Crippen LogP contribution in [-0.4, -0.2) is 22.8 Å². The number of nitrogens with zero attached hydrogens (tertiary/aromatic N) is 2. The molecule has 1 aliphatic rings. The van der Waals surface area contributed by atoms with Crippen molar-refractivity contribution in [1.29, 1.82) is 0 Å². The third-order valence-corrected chi connectivity index (χ3v) is 3.77. The van der Waals surface area contributed by atoms with Gasteiger partial charge in [-0.15, -0.1) is 0 Å². The number of nitrogens with two attached hydrogens (primary N) is 1. The molecule has 0 bridgehead atoms. The van der Waals surface area contributed by atoms with E-state index < -0.39 is 0 Å². The molecule has 0 atom stereocenters. The number of rotatable bonds is 4. The molecular weight excluding hydrogens is 324 g/mol. The van der Waals surface area contributed by atoms with Crippen molar-refractivity contribution in [3.8, 4) is 22.8 Å². The van der Waals surface area contributed by atoms with Gasteiger partial charge in [-0.05, 0) is 29.8 Å². The zero-order valence-corrected chi connectivity index (χ0v) is 13.1. The second-order valence-electron chi connectivity index (χ2n) is 5.38. The van der Waals surface area contributed by atoms with E-state index in [0.29, 0.717) is 29.3 Å². The summed E-state index contributed by atoms with van der Waals surface area (Å²) in [6.45, 7) is 0.503. The molecule has 8 heteroatoms. The van der Waals surface area contributed by atoms with Crippen molar-refractivity contribution >= 4 is 11.8 Å². The van der Waals surface area contributed by atoms with E-state index in [2.05, 4.69) is 15.5 Å². The Morgan fingerprint density at radius 1 is 1.24 bits per heavy atom. The second kappa shape index (κ2) is 6.16. The molecule has 25 heavy (non-hydrogen) atoms. The van der Waals surface area contributed by atoms with Crippen LogP contribution < -0.4 is 20.5 Å². The average molecular weight is 338 g/mol. The Hall–Kier alpha value is -3.55. The lowest BCUT2D eigenvalue weighted by Crippen LogP contribution is -2.23. The summed E-state index contributed by atoms with van der Waals surface area (Å²) in [5.74, 6) is 0.932. The van der Waals surface area contributed by atoms with Crippen molar-refractivity contribution < 1.29 is 18.8 Å². The van der Waals surface area contributed by atoms with Crippen LogP contribution in [0.1, 0.15) is 15.9 Å². The molecule has 3 heterocycles. The predicted molar refractivity (Wildman–Crippen MR) is 87.9 cm³/mol. The number of carbonyl (C=O) groups is 1. The van der Waals surface area contributed by atoms with Crippen LogP contribution in [0, 0.1) is 0 Å². The first kappa shape index (κ1) is 15.0. The van der Waals surface area contributed by atoms with E-state index in [-0.39, 0.29) is 24.1 Å². The highest BCUT2D eigenvalue weighted by Crippen LogP contribution is 2.32. The summed E-state index contributed by atoms with van der Waals surface area (Å²) in [5, 5.41) is 6.68. The molecular formula is C17H14N4O4. The molecule has 1 amide bonds. The van der Waals surface area contributed by atoms with Gasteiger partial charge in [-0.3, -0.25) is 9.78 Å². The van der Waals surface area contributed by atoms with Crippen LogP contribution in [0.2, 0.25) is 0 Å². The maximum Gasteiger partial charge on any atom is 0.259 e. The van der Waals surface area contributed by atoms with E-state index in [0.717, 1.165) is 5.56 Å². The van der Waals surface area contributed by atoms with E-state index >= 15 is 0 Å². The van der Waals surface area contributed by atoms with Crippen LogP contribution in [0.25, 0.3) is 11.3 Å². The van der Waals surface area contributed by atoms with Crippen molar-refractivity contribution in [3.05, 3.63) is 53.9 Å². The minimum absolute atomic E-state index is 0.0398. The molecule has 0 saturated heterocycles. The molecule has 0 fully saturated rings. The van der Waals surface area contributed by atoms with Crippen molar-refractivity contribution in [2.24, 2.45) is 0 Å². The van der Waals surface area contributed by atoms with Crippen LogP contribution in [0.4, 0.5) is 5.88 Å². The number of fused-ring (bicyclic) bond motifs is 1. The Morgan fingerprint density at radius 2 is 2.12 bits per heavy atom. The summed E-state index contributed by atoms with van der Waals surface area (Å²) in [4.78, 5) is 16.6. The van der Waals surface area contributed by atoms with Gasteiger partial charge in [-0.25, -0.2) is 0 Å². The van der Waals surface area contributed by atoms with Crippen molar-refractivity contribution in [2.75, 3.05) is 12.5 Å². The molecule has 0 radical (unpaired) electrons. The Kier molecular flexibility index (Phi) is 3.70. The summed E-state index contributed by atoms with van der Waals surface area (Å²) in [6.07, 6.45) is 3.22. The van der Waals surface area contributed by atoms with Crippen LogP contribution in [0.5, 0.6) is 11.5 Å². The van der Waals surface area contributed by atoms with Crippen molar-refractivity contribution in [3.63, 3.8) is 0 Å². The van der Waals surface area contributed by atoms with Gasteiger partial charge in [-0.1, -0.05) is 11.2 Å². The number of aromatic nitrogens is 2. The summed E-state index contributed by atoms with van der Waals surface area (Å²) >= 11 is 0. The van der Waals surface area contributed by atoms with Gasteiger partial charge < -0.3 is 25.0 Å². The molecule has 8 nitrogen and oxygen atoms in total. The molecule has 4 rings (SSSR count). The number of hydrogen-bond donors (Lipinski definition) is 2. The Morgan fingerprint density at radius 3 is 2.96 bits per heavy atom. The van der Waals surface area contributed by atoms with E-state index in [9.17, 15) is 4.79 Å². The van der Waals surface area contributed by atoms with Crippen molar-refractivity contribution in [1.82, 2.24) is 15.5 Å². The predicted octanol–water partition coefficient (Wildman–Crippen LogP) is 1.98. The highest BCUT2D eigenvalue weighted by atomic mass is 16.7. The molecule has 126 valence electrons. The number of benzene rings is 1. The SMILES string of the molecule is Nc1onc(-c2cccnc2)c1C(=O)NCc1ccc2c(c1)OCO2. The van der Waals surface area contributed by atoms with Crippen LogP contribution in [0.3, 0.4) is 0 Å². The topological polar surface area (TPSA) is 112 Å². The lowest BCUT2D eigenvalue weighted by Gasteiger charge is -2.06. The van der Waals surface area contributed by atoms with Gasteiger partial charge in [0.2, 0.25) is 12.7 Å². The van der Waals surface area contributed by atoms with E-state index in [1.54, 1.807) is 30.6 Å². The van der Waals surface area contributed by atoms with Gasteiger partial charge in [0.1, 0.15) is 11.3 Å². The summed E-state index contributed by atoms with van der Waals surface area (Å²) in [5.41, 5.74) is 7.84. The minimum Gasteiger partial charge on any atom is -0.454 e. The standard InChI is InChI=1S/C17H14N4O4/c18-16-14(15(21-25-16)11-2-1-5-19-8-11)17(22)20-7-10-3-4-12-13(6-10)24-9-23-12/h1-6,8H,7,9,18H2,(H,20,22). The number of ether oxygens (including phenoxy) is 2. The molecule has 0 aliphatic carbocycles. The molecule has 1 aliphatic heterocycles. The largest absolute Gasteiger partial charge is 0.454 e. The zero-order chi connectivity index (χ0) is 17.2. The third kappa shape index (κ3) is 2.85. The van der Waals surface area contributed by atoms with E-state index in [1.807, 2.05) is 12.1 Å². The first-order valence-electron chi connectivity index (χ1n) is 7.54. The van der Waals surface area contributed by atoms with Crippen molar-refractivity contribution in [2.45, 2.75) is 6.54 Å². The second-order valence-corrected chi connectivity index (χ2v) is 5.38. The lowest BCUT2D eigenvalue weighted by atomic mass is 10.1. The van der Waals surface area contributed by atoms with Gasteiger partial charge in [0.15, 0.2) is 11.5 Å². The maximum absolute atomic E-state index is 12.6. The monoisotopic (exact) mass is 338 g/mol. The lowest BCUT2D eigenvalue weighted by molar-refractivity contribution is 0.0952. The van der Waals surface area contributed by atoms with E-state index in [4.69, 9.17) is 19.7 Å². The molecule has 3 N–H and O–H groups in total. The van der Waals surface area contributed by atoms with Crippen LogP contribution >= 0.6 is 0 Å².